The molecule has 0 unspecified atom stereocenters. The number of anilines is 1. The van der Waals surface area contributed by atoms with Crippen LogP contribution in [0.2, 0.25) is 0 Å². The van der Waals surface area contributed by atoms with Crippen molar-refractivity contribution in [3.63, 3.8) is 0 Å². The molecule has 2 aromatic heterocycles. The molecule has 1 aliphatic heterocycles. The highest BCUT2D eigenvalue weighted by molar-refractivity contribution is 7.89. The van der Waals surface area contributed by atoms with E-state index in [1.165, 1.54) is 17.6 Å². The smallest absolute Gasteiger partial charge is 0.349 e. The topological polar surface area (TPSA) is 132 Å². The summed E-state index contributed by atoms with van der Waals surface area (Å²) in [6.07, 6.45) is 2.10. The molecule has 1 saturated heterocycles. The largest absolute Gasteiger partial charge is 0.465 e. The predicted molar refractivity (Wildman–Crippen MR) is 99.5 cm³/mol. The van der Waals surface area contributed by atoms with Crippen LogP contribution in [0.1, 0.15) is 34.0 Å². The number of piperidine rings is 1. The van der Waals surface area contributed by atoms with E-state index >= 15 is 0 Å². The molecule has 28 heavy (non-hydrogen) atoms. The van der Waals surface area contributed by atoms with E-state index in [4.69, 9.17) is 4.52 Å². The Morgan fingerprint density at radius 3 is 2.57 bits per heavy atom. The molecule has 1 amide bonds. The number of ether oxygens (including phenoxy) is 1. The number of nitrogens with one attached hydrogen (secondary N) is 1. The summed E-state index contributed by atoms with van der Waals surface area (Å²) in [6.45, 7) is 3.58. The highest BCUT2D eigenvalue weighted by Crippen LogP contribution is 2.28. The number of carbonyl (C=O) groups is 2. The van der Waals surface area contributed by atoms with Crippen LogP contribution in [0.5, 0.6) is 0 Å². The van der Waals surface area contributed by atoms with Crippen molar-refractivity contribution in [2.24, 2.45) is 5.92 Å². The van der Waals surface area contributed by atoms with Crippen LogP contribution >= 0.6 is 11.3 Å². The number of carbonyl (C=O) groups excluding carboxylic acids is 2. The van der Waals surface area contributed by atoms with Crippen molar-refractivity contribution < 1.29 is 27.3 Å². The van der Waals surface area contributed by atoms with E-state index in [0.29, 0.717) is 23.7 Å². The van der Waals surface area contributed by atoms with Gasteiger partial charge < -0.3 is 14.6 Å². The van der Waals surface area contributed by atoms with Crippen LogP contribution < -0.4 is 5.32 Å². The summed E-state index contributed by atoms with van der Waals surface area (Å²) < 4.78 is 36.6. The number of thiazole rings is 1. The van der Waals surface area contributed by atoms with Crippen molar-refractivity contribution in [2.45, 2.75) is 31.6 Å². The first kappa shape index (κ1) is 20.4. The molecule has 1 aliphatic rings. The lowest BCUT2D eigenvalue weighted by molar-refractivity contribution is -0.120. The summed E-state index contributed by atoms with van der Waals surface area (Å²) in [5.74, 6) is -0.861. The summed E-state index contributed by atoms with van der Waals surface area (Å²) in [5, 5.41) is 6.68. The van der Waals surface area contributed by atoms with Crippen LogP contribution in [0.4, 0.5) is 5.13 Å². The monoisotopic (exact) mass is 428 g/mol. The molecule has 152 valence electrons. The SMILES string of the molecule is COC(=O)c1cnc(NC(=O)C2CCN(S(=O)(=O)c3c(C)noc3C)CC2)s1. The van der Waals surface area contributed by atoms with Gasteiger partial charge in [0.25, 0.3) is 0 Å². The average Bonchev–Trinajstić information content (AvgIpc) is 3.27. The van der Waals surface area contributed by atoms with E-state index < -0.39 is 16.0 Å². The number of amides is 1. The Morgan fingerprint density at radius 2 is 2.00 bits per heavy atom. The second kappa shape index (κ2) is 7.97. The van der Waals surface area contributed by atoms with Crippen LogP contribution in [-0.4, -0.2) is 54.9 Å². The van der Waals surface area contributed by atoms with Crippen LogP contribution in [0, 0.1) is 19.8 Å². The quantitative estimate of drug-likeness (QED) is 0.710. The van der Waals surface area contributed by atoms with Crippen molar-refractivity contribution in [3.05, 3.63) is 22.5 Å². The maximum absolute atomic E-state index is 12.8. The van der Waals surface area contributed by atoms with Gasteiger partial charge in [0.15, 0.2) is 10.9 Å². The molecule has 0 atom stereocenters. The van der Waals surface area contributed by atoms with Gasteiger partial charge in [-0.1, -0.05) is 16.5 Å². The highest BCUT2D eigenvalue weighted by Gasteiger charge is 2.35. The van der Waals surface area contributed by atoms with E-state index in [9.17, 15) is 18.0 Å². The van der Waals surface area contributed by atoms with Gasteiger partial charge in [0.1, 0.15) is 15.5 Å². The standard InChI is InChI=1S/C16H20N4O6S2/c1-9-13(10(2)26-19-9)28(23,24)20-6-4-11(5-7-20)14(21)18-16-17-8-12(27-16)15(22)25-3/h8,11H,4-7H2,1-3H3,(H,17,18,21). The molecule has 12 heteroatoms. The number of aryl methyl sites for hydroxylation is 2. The minimum atomic E-state index is -3.71. The van der Waals surface area contributed by atoms with E-state index in [2.05, 4.69) is 20.2 Å². The van der Waals surface area contributed by atoms with E-state index in [0.717, 1.165) is 11.3 Å². The maximum Gasteiger partial charge on any atom is 0.349 e. The first-order valence-electron chi connectivity index (χ1n) is 8.52. The summed E-state index contributed by atoms with van der Waals surface area (Å²) >= 11 is 1.02. The Labute approximate surface area is 165 Å². The average molecular weight is 428 g/mol. The second-order valence-corrected chi connectivity index (χ2v) is 9.25. The zero-order chi connectivity index (χ0) is 20.5. The normalized spacial score (nSPS) is 16.1. The Kier molecular flexibility index (Phi) is 5.82. The molecule has 0 aromatic carbocycles. The third-order valence-electron chi connectivity index (χ3n) is 4.51. The molecular weight excluding hydrogens is 408 g/mol. The lowest BCUT2D eigenvalue weighted by Gasteiger charge is -2.30. The molecule has 0 aliphatic carbocycles. The number of nitrogens with zero attached hydrogens (tertiary/aromatic N) is 3. The number of aromatic nitrogens is 2. The number of methoxy groups -OCH3 is 1. The van der Waals surface area contributed by atoms with E-state index in [-0.39, 0.29) is 40.4 Å². The van der Waals surface area contributed by atoms with Crippen molar-refractivity contribution in [3.8, 4) is 0 Å². The predicted octanol–water partition coefficient (Wildman–Crippen LogP) is 1.57. The molecular formula is C16H20N4O6S2. The van der Waals surface area contributed by atoms with Gasteiger partial charge in [-0.3, -0.25) is 4.79 Å². The van der Waals surface area contributed by atoms with Gasteiger partial charge in [-0.25, -0.2) is 18.2 Å². The first-order valence-corrected chi connectivity index (χ1v) is 10.8. The zero-order valence-electron chi connectivity index (χ0n) is 15.6. The van der Waals surface area contributed by atoms with E-state index in [1.54, 1.807) is 13.8 Å². The van der Waals surface area contributed by atoms with Crippen LogP contribution in [0.3, 0.4) is 0 Å². The minimum absolute atomic E-state index is 0.0912. The molecule has 0 spiro atoms. The number of esters is 1. The Bertz CT molecular complexity index is 969. The minimum Gasteiger partial charge on any atom is -0.465 e. The first-order chi connectivity index (χ1) is 13.2. The number of hydrogen-bond acceptors (Lipinski definition) is 9. The van der Waals surface area contributed by atoms with Crippen LogP contribution in [0.25, 0.3) is 0 Å². The second-order valence-electron chi connectivity index (χ2n) is 6.34. The van der Waals surface area contributed by atoms with E-state index in [1.807, 2.05) is 0 Å². The van der Waals surface area contributed by atoms with Crippen LogP contribution in [0.15, 0.2) is 15.6 Å². The molecule has 2 aromatic rings. The molecule has 0 bridgehead atoms. The van der Waals surface area contributed by atoms with Gasteiger partial charge in [-0.05, 0) is 26.7 Å². The number of rotatable bonds is 5. The van der Waals surface area contributed by atoms with Crippen molar-refractivity contribution in [1.82, 2.24) is 14.4 Å². The van der Waals surface area contributed by atoms with Crippen molar-refractivity contribution >= 4 is 38.4 Å². The van der Waals surface area contributed by atoms with Gasteiger partial charge in [0.2, 0.25) is 15.9 Å². The highest BCUT2D eigenvalue weighted by atomic mass is 32.2. The Hall–Kier alpha value is -2.31. The van der Waals surface area contributed by atoms with Crippen LogP contribution in [-0.2, 0) is 19.6 Å². The van der Waals surface area contributed by atoms with Gasteiger partial charge in [-0.2, -0.15) is 4.31 Å². The molecule has 3 heterocycles. The van der Waals surface area contributed by atoms with Crippen molar-refractivity contribution in [2.75, 3.05) is 25.5 Å². The zero-order valence-corrected chi connectivity index (χ0v) is 17.2. The third kappa shape index (κ3) is 3.93. The molecule has 0 radical (unpaired) electrons. The molecule has 3 rings (SSSR count). The fourth-order valence-corrected chi connectivity index (χ4v) is 5.56. The summed E-state index contributed by atoms with van der Waals surface area (Å²) in [4.78, 5) is 28.3. The summed E-state index contributed by atoms with van der Waals surface area (Å²) in [6, 6.07) is 0. The van der Waals surface area contributed by atoms with Gasteiger partial charge in [-0.15, -0.1) is 0 Å². The summed E-state index contributed by atoms with van der Waals surface area (Å²) in [5.41, 5.74) is 0.322. The molecule has 0 saturated carbocycles. The molecule has 1 fully saturated rings. The fraction of sp³-hybridized carbons (Fsp3) is 0.500. The Morgan fingerprint density at radius 1 is 1.32 bits per heavy atom. The van der Waals surface area contributed by atoms with Gasteiger partial charge in [0.05, 0.1) is 13.3 Å². The number of hydrogen-bond donors (Lipinski definition) is 1. The maximum atomic E-state index is 12.8. The molecule has 1 N–H and O–H groups in total. The van der Waals surface area contributed by atoms with Crippen molar-refractivity contribution in [1.29, 1.82) is 0 Å². The number of sulfonamides is 1. The fourth-order valence-electron chi connectivity index (χ4n) is 3.06. The summed E-state index contributed by atoms with van der Waals surface area (Å²) in [7, 11) is -2.44. The lowest BCUT2D eigenvalue weighted by atomic mass is 9.97. The third-order valence-corrected chi connectivity index (χ3v) is 7.55. The Balaban J connectivity index is 1.61. The van der Waals surface area contributed by atoms with Gasteiger partial charge >= 0.3 is 5.97 Å². The lowest BCUT2D eigenvalue weighted by Crippen LogP contribution is -2.41. The molecule has 10 nitrogen and oxygen atoms in total. The van der Waals surface area contributed by atoms with Gasteiger partial charge in [0, 0.05) is 19.0 Å².